The maximum Gasteiger partial charge on any atom is 0.269 e. The molecule has 6 nitrogen and oxygen atoms in total. The van der Waals surface area contributed by atoms with Crippen LogP contribution in [0.4, 0.5) is 5.69 Å². The van der Waals surface area contributed by atoms with E-state index in [0.29, 0.717) is 22.5 Å². The molecule has 0 amide bonds. The van der Waals surface area contributed by atoms with Crippen molar-refractivity contribution in [3.63, 3.8) is 0 Å². The van der Waals surface area contributed by atoms with Crippen molar-refractivity contribution in [3.8, 4) is 11.3 Å². The van der Waals surface area contributed by atoms with Crippen molar-refractivity contribution in [1.29, 1.82) is 0 Å². The minimum absolute atomic E-state index is 0.0596. The first kappa shape index (κ1) is 21.3. The lowest BCUT2D eigenvalue weighted by molar-refractivity contribution is 0.600. The van der Waals surface area contributed by atoms with Gasteiger partial charge in [-0.25, -0.2) is 13.1 Å². The molecular formula is C24H27N3O3S. The average Bonchev–Trinajstić information content (AvgIpc) is 2.77. The molecule has 31 heavy (non-hydrogen) atoms. The zero-order valence-corrected chi connectivity index (χ0v) is 18.9. The maximum atomic E-state index is 13.2. The summed E-state index contributed by atoms with van der Waals surface area (Å²) < 4.78 is 30.4. The molecule has 0 fully saturated rings. The Morgan fingerprint density at radius 2 is 1.71 bits per heavy atom. The number of rotatable bonds is 5. The van der Waals surface area contributed by atoms with Gasteiger partial charge in [-0.2, -0.15) is 5.10 Å². The molecule has 1 aromatic heterocycles. The number of nitrogens with one attached hydrogen (secondary N) is 1. The Labute approximate surface area is 183 Å². The number of sulfonamides is 1. The summed E-state index contributed by atoms with van der Waals surface area (Å²) in [6.45, 7) is 3.84. The molecule has 0 spiro atoms. The highest BCUT2D eigenvalue weighted by Crippen LogP contribution is 2.31. The van der Waals surface area contributed by atoms with Gasteiger partial charge in [-0.3, -0.25) is 9.52 Å². The highest BCUT2D eigenvalue weighted by atomic mass is 32.2. The molecule has 1 aliphatic carbocycles. The van der Waals surface area contributed by atoms with Crippen LogP contribution in [-0.4, -0.2) is 18.2 Å². The van der Waals surface area contributed by atoms with E-state index in [1.165, 1.54) is 4.68 Å². The molecule has 0 saturated carbocycles. The van der Waals surface area contributed by atoms with Crippen LogP contribution in [0.5, 0.6) is 0 Å². The van der Waals surface area contributed by atoms with Crippen LogP contribution in [-0.2, 0) is 36.3 Å². The number of fused-ring (bicyclic) bond motifs is 1. The van der Waals surface area contributed by atoms with E-state index in [1.54, 1.807) is 38.2 Å². The van der Waals surface area contributed by atoms with Gasteiger partial charge in [0.1, 0.15) is 0 Å². The van der Waals surface area contributed by atoms with E-state index in [-0.39, 0.29) is 10.5 Å². The Balaban J connectivity index is 1.77. The van der Waals surface area contributed by atoms with Crippen LogP contribution in [0.1, 0.15) is 42.0 Å². The molecule has 1 aliphatic rings. The van der Waals surface area contributed by atoms with E-state index in [2.05, 4.69) is 16.7 Å². The smallest absolute Gasteiger partial charge is 0.269 e. The number of benzene rings is 2. The SMILES string of the molecule is CCc1ccc(NS(=O)(=O)c2cc(-c3nn(C)c(=O)c4c3CCCC4)ccc2C)cc1. The largest absolute Gasteiger partial charge is 0.280 e. The van der Waals surface area contributed by atoms with Crippen LogP contribution >= 0.6 is 0 Å². The summed E-state index contributed by atoms with van der Waals surface area (Å²) in [6, 6.07) is 12.7. The lowest BCUT2D eigenvalue weighted by Gasteiger charge is -2.20. The zero-order valence-electron chi connectivity index (χ0n) is 18.1. The summed E-state index contributed by atoms with van der Waals surface area (Å²) in [6.07, 6.45) is 4.40. The van der Waals surface area contributed by atoms with E-state index in [9.17, 15) is 13.2 Å². The molecule has 2 aromatic carbocycles. The first-order valence-corrected chi connectivity index (χ1v) is 12.1. The summed E-state index contributed by atoms with van der Waals surface area (Å²) in [7, 11) is -2.13. The van der Waals surface area contributed by atoms with Gasteiger partial charge in [-0.1, -0.05) is 31.2 Å². The number of anilines is 1. The molecule has 0 atom stereocenters. The third-order valence-electron chi connectivity index (χ3n) is 5.92. The molecule has 0 saturated heterocycles. The zero-order chi connectivity index (χ0) is 22.2. The van der Waals surface area contributed by atoms with Crippen LogP contribution in [0.3, 0.4) is 0 Å². The Kier molecular flexibility index (Phi) is 5.71. The van der Waals surface area contributed by atoms with E-state index in [1.807, 2.05) is 18.2 Å². The predicted molar refractivity (Wildman–Crippen MR) is 123 cm³/mol. The first-order valence-electron chi connectivity index (χ1n) is 10.6. The number of hydrogen-bond acceptors (Lipinski definition) is 4. The molecule has 1 heterocycles. The van der Waals surface area contributed by atoms with Gasteiger partial charge in [0.15, 0.2) is 0 Å². The number of nitrogens with zero attached hydrogens (tertiary/aromatic N) is 2. The van der Waals surface area contributed by atoms with Crippen molar-refractivity contribution in [2.75, 3.05) is 4.72 Å². The fraction of sp³-hybridized carbons (Fsp3) is 0.333. The summed E-state index contributed by atoms with van der Waals surface area (Å²) in [5.41, 5.74) is 5.42. The quantitative estimate of drug-likeness (QED) is 0.654. The normalized spacial score (nSPS) is 13.6. The highest BCUT2D eigenvalue weighted by molar-refractivity contribution is 7.92. The molecular weight excluding hydrogens is 410 g/mol. The molecule has 0 radical (unpaired) electrons. The molecule has 0 aliphatic heterocycles. The van der Waals surface area contributed by atoms with Crippen molar-refractivity contribution >= 4 is 15.7 Å². The van der Waals surface area contributed by atoms with Crippen molar-refractivity contribution in [1.82, 2.24) is 9.78 Å². The van der Waals surface area contributed by atoms with Crippen LogP contribution in [0.15, 0.2) is 52.2 Å². The van der Waals surface area contributed by atoms with E-state index in [4.69, 9.17) is 0 Å². The van der Waals surface area contributed by atoms with Crippen molar-refractivity contribution in [2.45, 2.75) is 50.8 Å². The van der Waals surface area contributed by atoms with Gasteiger partial charge in [0, 0.05) is 23.9 Å². The first-order chi connectivity index (χ1) is 14.8. The van der Waals surface area contributed by atoms with Gasteiger partial charge < -0.3 is 0 Å². The number of aromatic nitrogens is 2. The standard InChI is InChI=1S/C24H27N3O3S/c1-4-17-10-13-19(14-11-17)26-31(29,30)22-15-18(12-9-16(22)2)23-20-7-5-6-8-21(20)24(28)27(3)25-23/h9-15,26H,4-8H2,1-3H3. The second kappa shape index (κ2) is 8.30. The van der Waals surface area contributed by atoms with Crippen molar-refractivity contribution in [2.24, 2.45) is 7.05 Å². The second-order valence-electron chi connectivity index (χ2n) is 8.08. The molecule has 162 valence electrons. The van der Waals surface area contributed by atoms with Crippen LogP contribution in [0.2, 0.25) is 0 Å². The minimum Gasteiger partial charge on any atom is -0.280 e. The van der Waals surface area contributed by atoms with Gasteiger partial charge in [-0.15, -0.1) is 0 Å². The second-order valence-corrected chi connectivity index (χ2v) is 9.73. The molecule has 0 bridgehead atoms. The molecule has 3 aromatic rings. The van der Waals surface area contributed by atoms with Gasteiger partial charge in [-0.05, 0) is 73.9 Å². The average molecular weight is 438 g/mol. The van der Waals surface area contributed by atoms with E-state index >= 15 is 0 Å². The lowest BCUT2D eigenvalue weighted by atomic mass is 9.89. The minimum atomic E-state index is -3.78. The Bertz CT molecular complexity index is 1290. The Hall–Kier alpha value is -2.93. The summed E-state index contributed by atoms with van der Waals surface area (Å²) >= 11 is 0. The number of aryl methyl sites for hydroxylation is 3. The fourth-order valence-electron chi connectivity index (χ4n) is 4.14. The van der Waals surface area contributed by atoms with Gasteiger partial charge in [0.25, 0.3) is 15.6 Å². The Morgan fingerprint density at radius 3 is 2.39 bits per heavy atom. The van der Waals surface area contributed by atoms with Gasteiger partial charge in [0.05, 0.1) is 10.6 Å². The van der Waals surface area contributed by atoms with Crippen molar-refractivity contribution < 1.29 is 8.42 Å². The molecule has 7 heteroatoms. The van der Waals surface area contributed by atoms with Crippen LogP contribution < -0.4 is 10.3 Å². The predicted octanol–water partition coefficient (Wildman–Crippen LogP) is 4.00. The lowest BCUT2D eigenvalue weighted by Crippen LogP contribution is -2.28. The third kappa shape index (κ3) is 4.14. The molecule has 4 rings (SSSR count). The van der Waals surface area contributed by atoms with Crippen LogP contribution in [0.25, 0.3) is 11.3 Å². The van der Waals surface area contributed by atoms with Gasteiger partial charge in [0.2, 0.25) is 0 Å². The molecule has 1 N–H and O–H groups in total. The van der Waals surface area contributed by atoms with E-state index < -0.39 is 10.0 Å². The van der Waals surface area contributed by atoms with Gasteiger partial charge >= 0.3 is 0 Å². The maximum absolute atomic E-state index is 13.2. The van der Waals surface area contributed by atoms with E-state index in [0.717, 1.165) is 48.8 Å². The van der Waals surface area contributed by atoms with Crippen LogP contribution in [0, 0.1) is 6.92 Å². The fourth-order valence-corrected chi connectivity index (χ4v) is 5.47. The molecule has 0 unspecified atom stereocenters. The topological polar surface area (TPSA) is 81.1 Å². The number of hydrogen-bond donors (Lipinski definition) is 1. The third-order valence-corrected chi connectivity index (χ3v) is 7.44. The van der Waals surface area contributed by atoms with Crippen molar-refractivity contribution in [3.05, 3.63) is 75.1 Å². The summed E-state index contributed by atoms with van der Waals surface area (Å²) in [4.78, 5) is 12.7. The Morgan fingerprint density at radius 1 is 1.03 bits per heavy atom. The monoisotopic (exact) mass is 437 g/mol. The summed E-state index contributed by atoms with van der Waals surface area (Å²) in [5, 5.41) is 4.50. The highest BCUT2D eigenvalue weighted by Gasteiger charge is 2.23. The summed E-state index contributed by atoms with van der Waals surface area (Å²) in [5.74, 6) is 0.